The lowest BCUT2D eigenvalue weighted by molar-refractivity contribution is 0.00222. The summed E-state index contributed by atoms with van der Waals surface area (Å²) in [6.07, 6.45) is 1.62. The van der Waals surface area contributed by atoms with Crippen LogP contribution in [0.3, 0.4) is 0 Å². The van der Waals surface area contributed by atoms with Crippen molar-refractivity contribution in [2.45, 2.75) is 37.1 Å². The van der Waals surface area contributed by atoms with E-state index in [1.54, 1.807) is 41.0 Å². The van der Waals surface area contributed by atoms with Gasteiger partial charge in [0.15, 0.2) is 5.82 Å². The van der Waals surface area contributed by atoms with E-state index in [-0.39, 0.29) is 16.6 Å². The molecule has 0 unspecified atom stereocenters. The number of fused-ring (bicyclic) bond motifs is 1. The van der Waals surface area contributed by atoms with Gasteiger partial charge >= 0.3 is 5.92 Å². The number of imidazole rings is 1. The molecule has 0 amide bonds. The van der Waals surface area contributed by atoms with Gasteiger partial charge in [-0.2, -0.15) is 8.78 Å². The van der Waals surface area contributed by atoms with Gasteiger partial charge in [0.25, 0.3) is 10.0 Å². The third-order valence-electron chi connectivity index (χ3n) is 5.67. The van der Waals surface area contributed by atoms with Crippen molar-refractivity contribution in [2.75, 3.05) is 24.6 Å². The molecule has 2 aromatic carbocycles. The molecule has 0 aliphatic carbocycles. The molecule has 31 heavy (non-hydrogen) atoms. The predicted molar refractivity (Wildman–Crippen MR) is 115 cm³/mol. The van der Waals surface area contributed by atoms with Crippen LogP contribution >= 0.6 is 0 Å². The molecular formula is C22H25F2N3O3S. The van der Waals surface area contributed by atoms with Gasteiger partial charge < -0.3 is 9.30 Å². The van der Waals surface area contributed by atoms with Gasteiger partial charge in [0, 0.05) is 33.7 Å². The van der Waals surface area contributed by atoms with E-state index in [9.17, 15) is 17.2 Å². The topological polar surface area (TPSA) is 64.4 Å². The quantitative estimate of drug-likeness (QED) is 0.560. The summed E-state index contributed by atoms with van der Waals surface area (Å²) in [5.74, 6) is -3.19. The number of alkyl halides is 2. The van der Waals surface area contributed by atoms with Crippen molar-refractivity contribution in [3.05, 3.63) is 54.4 Å². The van der Waals surface area contributed by atoms with Crippen LogP contribution in [-0.2, 0) is 27.2 Å². The second kappa shape index (κ2) is 8.20. The number of benzene rings is 2. The molecule has 166 valence electrons. The summed E-state index contributed by atoms with van der Waals surface area (Å²) < 4.78 is 62.7. The van der Waals surface area contributed by atoms with Crippen molar-refractivity contribution < 1.29 is 21.9 Å². The molecule has 0 N–H and O–H groups in total. The van der Waals surface area contributed by atoms with Crippen LogP contribution < -0.4 is 4.31 Å². The summed E-state index contributed by atoms with van der Waals surface area (Å²) in [6.45, 7) is 2.51. The highest BCUT2D eigenvalue weighted by atomic mass is 32.2. The Morgan fingerprint density at radius 2 is 1.84 bits per heavy atom. The van der Waals surface area contributed by atoms with Crippen molar-refractivity contribution in [3.8, 4) is 0 Å². The van der Waals surface area contributed by atoms with Crippen LogP contribution in [0.1, 0.15) is 25.6 Å². The fourth-order valence-corrected chi connectivity index (χ4v) is 5.12. The second-order valence-corrected chi connectivity index (χ2v) is 9.92. The normalized spacial score (nSPS) is 16.0. The fourth-order valence-electron chi connectivity index (χ4n) is 3.91. The van der Waals surface area contributed by atoms with Crippen LogP contribution in [0, 0.1) is 5.92 Å². The Hall–Kier alpha value is -2.52. The number of rotatable bonds is 6. The Bertz CT molecular complexity index is 1170. The zero-order valence-corrected chi connectivity index (χ0v) is 18.3. The smallest absolute Gasteiger partial charge is 0.302 e. The zero-order valence-electron chi connectivity index (χ0n) is 17.5. The lowest BCUT2D eigenvalue weighted by Crippen LogP contribution is -2.26. The molecule has 0 saturated carbocycles. The molecule has 2 heterocycles. The molecule has 1 aliphatic heterocycles. The highest BCUT2D eigenvalue weighted by Gasteiger charge is 2.33. The largest absolute Gasteiger partial charge is 0.381 e. The first kappa shape index (κ1) is 21.7. The standard InChI is InChI=1S/C22H25F2N3O3S/c1-22(23,24)21-25-19-14-17(26(2)31(28,29)18-6-4-3-5-7-18)8-9-20(19)27(21)15-16-10-12-30-13-11-16/h3-9,14,16H,10-13,15H2,1-2H3. The van der Waals surface area contributed by atoms with Crippen LogP contribution in [0.25, 0.3) is 11.0 Å². The van der Waals surface area contributed by atoms with E-state index in [1.165, 1.54) is 19.2 Å². The molecule has 1 aliphatic rings. The van der Waals surface area contributed by atoms with Gasteiger partial charge in [0.2, 0.25) is 0 Å². The van der Waals surface area contributed by atoms with Gasteiger partial charge in [0.1, 0.15) is 0 Å². The molecule has 4 rings (SSSR count). The van der Waals surface area contributed by atoms with Crippen LogP contribution in [0.15, 0.2) is 53.4 Å². The summed E-state index contributed by atoms with van der Waals surface area (Å²) in [5.41, 5.74) is 1.27. The van der Waals surface area contributed by atoms with Gasteiger partial charge in [-0.1, -0.05) is 18.2 Å². The van der Waals surface area contributed by atoms with Gasteiger partial charge in [-0.05, 0) is 49.1 Å². The van der Waals surface area contributed by atoms with E-state index in [0.717, 1.165) is 24.1 Å². The number of ether oxygens (including phenoxy) is 1. The second-order valence-electron chi connectivity index (χ2n) is 7.95. The summed E-state index contributed by atoms with van der Waals surface area (Å²) in [4.78, 5) is 4.36. The number of anilines is 1. The number of sulfonamides is 1. The first-order valence-electron chi connectivity index (χ1n) is 10.2. The zero-order chi connectivity index (χ0) is 22.2. The minimum atomic E-state index is -3.78. The average molecular weight is 450 g/mol. The fraction of sp³-hybridized carbons (Fsp3) is 0.409. The minimum Gasteiger partial charge on any atom is -0.381 e. The Morgan fingerprint density at radius 3 is 2.48 bits per heavy atom. The molecule has 3 aromatic rings. The Morgan fingerprint density at radius 1 is 1.16 bits per heavy atom. The highest BCUT2D eigenvalue weighted by Crippen LogP contribution is 2.33. The molecule has 0 atom stereocenters. The van der Waals surface area contributed by atoms with E-state index in [4.69, 9.17) is 4.74 Å². The maximum absolute atomic E-state index is 14.4. The van der Waals surface area contributed by atoms with Crippen molar-refractivity contribution >= 4 is 26.7 Å². The maximum Gasteiger partial charge on any atom is 0.302 e. The molecule has 9 heteroatoms. The predicted octanol–water partition coefficient (Wildman–Crippen LogP) is 4.40. The number of halogens is 2. The number of hydrogen-bond donors (Lipinski definition) is 0. The van der Waals surface area contributed by atoms with E-state index >= 15 is 0 Å². The molecule has 0 radical (unpaired) electrons. The van der Waals surface area contributed by atoms with Crippen molar-refractivity contribution in [1.29, 1.82) is 0 Å². The van der Waals surface area contributed by atoms with Gasteiger partial charge in [0.05, 0.1) is 21.6 Å². The van der Waals surface area contributed by atoms with E-state index in [0.29, 0.717) is 36.5 Å². The lowest BCUT2D eigenvalue weighted by atomic mass is 10.00. The third kappa shape index (κ3) is 4.29. The molecular weight excluding hydrogens is 424 g/mol. The average Bonchev–Trinajstić information content (AvgIpc) is 3.12. The van der Waals surface area contributed by atoms with E-state index in [1.807, 2.05) is 0 Å². The van der Waals surface area contributed by atoms with Crippen LogP contribution in [0.5, 0.6) is 0 Å². The highest BCUT2D eigenvalue weighted by molar-refractivity contribution is 7.92. The van der Waals surface area contributed by atoms with E-state index < -0.39 is 15.9 Å². The van der Waals surface area contributed by atoms with Gasteiger partial charge in [-0.3, -0.25) is 4.31 Å². The molecule has 0 bridgehead atoms. The molecule has 6 nitrogen and oxygen atoms in total. The monoisotopic (exact) mass is 449 g/mol. The molecule has 0 spiro atoms. The van der Waals surface area contributed by atoms with Crippen LogP contribution in [0.2, 0.25) is 0 Å². The first-order chi connectivity index (χ1) is 14.7. The Labute approximate surface area is 180 Å². The van der Waals surface area contributed by atoms with Crippen LogP contribution in [0.4, 0.5) is 14.5 Å². The summed E-state index contributed by atoms with van der Waals surface area (Å²) in [7, 11) is -2.34. The Kier molecular flexibility index (Phi) is 5.74. The third-order valence-corrected chi connectivity index (χ3v) is 7.47. The van der Waals surface area contributed by atoms with E-state index in [2.05, 4.69) is 4.98 Å². The van der Waals surface area contributed by atoms with Gasteiger partial charge in [-0.25, -0.2) is 13.4 Å². The summed E-state index contributed by atoms with van der Waals surface area (Å²) in [5, 5.41) is 0. The van der Waals surface area contributed by atoms with Crippen molar-refractivity contribution in [2.24, 2.45) is 5.92 Å². The minimum absolute atomic E-state index is 0.156. The summed E-state index contributed by atoms with van der Waals surface area (Å²) in [6, 6.07) is 12.9. The number of nitrogens with zero attached hydrogens (tertiary/aromatic N) is 3. The lowest BCUT2D eigenvalue weighted by Gasteiger charge is -2.24. The summed E-state index contributed by atoms with van der Waals surface area (Å²) >= 11 is 0. The number of hydrogen-bond acceptors (Lipinski definition) is 4. The molecule has 1 saturated heterocycles. The van der Waals surface area contributed by atoms with Crippen molar-refractivity contribution in [3.63, 3.8) is 0 Å². The number of aromatic nitrogens is 2. The Balaban J connectivity index is 1.74. The molecule has 1 fully saturated rings. The SMILES string of the molecule is CN(c1ccc2c(c1)nc(C(C)(F)F)n2CC1CCOCC1)S(=O)(=O)c1ccccc1. The van der Waals surface area contributed by atoms with Crippen LogP contribution in [-0.4, -0.2) is 38.2 Å². The molecule has 1 aromatic heterocycles. The van der Waals surface area contributed by atoms with Crippen molar-refractivity contribution in [1.82, 2.24) is 9.55 Å². The first-order valence-corrected chi connectivity index (χ1v) is 11.6. The maximum atomic E-state index is 14.4. The van der Waals surface area contributed by atoms with Gasteiger partial charge in [-0.15, -0.1) is 0 Å².